The maximum absolute atomic E-state index is 13.6. The molecule has 0 spiro atoms. The second-order valence-electron chi connectivity index (χ2n) is 6.76. The number of carbonyl (C=O) groups excluding carboxylic acids is 2. The Bertz CT molecular complexity index is 608. The lowest BCUT2D eigenvalue weighted by Crippen LogP contribution is -2.62. The molecule has 0 aromatic heterocycles. The van der Waals surface area contributed by atoms with Gasteiger partial charge in [0.2, 0.25) is 11.8 Å². The first-order valence-corrected chi connectivity index (χ1v) is 8.59. The van der Waals surface area contributed by atoms with E-state index in [4.69, 9.17) is 5.73 Å². The lowest BCUT2D eigenvalue weighted by molar-refractivity contribution is -0.139. The molecule has 0 atom stereocenters. The average Bonchev–Trinajstić information content (AvgIpc) is 2.53. The van der Waals surface area contributed by atoms with Crippen molar-refractivity contribution in [2.45, 2.75) is 31.7 Å². The summed E-state index contributed by atoms with van der Waals surface area (Å²) in [6.07, 6.45) is 2.41. The van der Waals surface area contributed by atoms with Crippen LogP contribution in [0.3, 0.4) is 0 Å². The van der Waals surface area contributed by atoms with Crippen molar-refractivity contribution in [1.29, 1.82) is 0 Å². The van der Waals surface area contributed by atoms with Crippen molar-refractivity contribution in [3.8, 4) is 0 Å². The van der Waals surface area contributed by atoms with E-state index in [1.165, 1.54) is 6.07 Å². The summed E-state index contributed by atoms with van der Waals surface area (Å²) in [7, 11) is 0. The van der Waals surface area contributed by atoms with Gasteiger partial charge in [-0.2, -0.15) is 0 Å². The van der Waals surface area contributed by atoms with Crippen LogP contribution in [0.4, 0.5) is 4.39 Å². The third kappa shape index (κ3) is 3.75. The number of amides is 2. The molecule has 2 saturated heterocycles. The Kier molecular flexibility index (Phi) is 5.14. The molecule has 2 heterocycles. The van der Waals surface area contributed by atoms with Crippen molar-refractivity contribution >= 4 is 11.8 Å². The molecule has 2 N–H and O–H groups in total. The molecule has 2 aliphatic rings. The number of nitrogens with two attached hydrogens (primary N) is 1. The van der Waals surface area contributed by atoms with Crippen LogP contribution in [-0.2, 0) is 16.0 Å². The molecular weight excluding hydrogens is 309 g/mol. The highest BCUT2D eigenvalue weighted by atomic mass is 19.1. The first-order valence-electron chi connectivity index (χ1n) is 8.59. The molecule has 2 fully saturated rings. The zero-order valence-corrected chi connectivity index (χ0v) is 13.8. The monoisotopic (exact) mass is 333 g/mol. The number of halogens is 1. The number of aryl methyl sites for hydroxylation is 1. The Morgan fingerprint density at radius 3 is 2.46 bits per heavy atom. The van der Waals surface area contributed by atoms with Gasteiger partial charge in [-0.25, -0.2) is 4.39 Å². The van der Waals surface area contributed by atoms with Gasteiger partial charge >= 0.3 is 0 Å². The molecule has 24 heavy (non-hydrogen) atoms. The second kappa shape index (κ2) is 7.30. The van der Waals surface area contributed by atoms with E-state index in [2.05, 4.69) is 4.90 Å². The number of likely N-dealkylation sites (tertiary alicyclic amines) is 2. The zero-order chi connectivity index (χ0) is 17.1. The van der Waals surface area contributed by atoms with Crippen LogP contribution in [0.2, 0.25) is 0 Å². The van der Waals surface area contributed by atoms with Crippen LogP contribution in [0.5, 0.6) is 0 Å². The van der Waals surface area contributed by atoms with Gasteiger partial charge < -0.3 is 10.6 Å². The second-order valence-corrected chi connectivity index (χ2v) is 6.76. The lowest BCUT2D eigenvalue weighted by atomic mass is 9.93. The van der Waals surface area contributed by atoms with E-state index in [0.29, 0.717) is 24.4 Å². The quantitative estimate of drug-likeness (QED) is 0.879. The Morgan fingerprint density at radius 2 is 1.83 bits per heavy atom. The summed E-state index contributed by atoms with van der Waals surface area (Å²) in [6, 6.07) is 6.98. The van der Waals surface area contributed by atoms with E-state index in [0.717, 1.165) is 39.0 Å². The first kappa shape index (κ1) is 16.9. The van der Waals surface area contributed by atoms with Gasteiger partial charge in [-0.15, -0.1) is 0 Å². The fourth-order valence-corrected chi connectivity index (χ4v) is 3.54. The number of nitrogens with zero attached hydrogens (tertiary/aromatic N) is 2. The zero-order valence-electron chi connectivity index (χ0n) is 13.8. The van der Waals surface area contributed by atoms with Gasteiger partial charge in [0.15, 0.2) is 0 Å². The summed E-state index contributed by atoms with van der Waals surface area (Å²) in [5.41, 5.74) is 5.95. The molecule has 2 amide bonds. The predicted molar refractivity (Wildman–Crippen MR) is 88.6 cm³/mol. The number of primary amides is 1. The van der Waals surface area contributed by atoms with Gasteiger partial charge in [0.1, 0.15) is 5.82 Å². The van der Waals surface area contributed by atoms with Gasteiger partial charge in [0.25, 0.3) is 0 Å². The van der Waals surface area contributed by atoms with Crippen LogP contribution < -0.4 is 5.73 Å². The van der Waals surface area contributed by atoms with E-state index in [1.807, 2.05) is 4.90 Å². The standard InChI is InChI=1S/C18H24FN3O2/c19-16-4-2-1-3-13(16)5-6-17(23)22-11-15(12-22)21-9-7-14(8-10-21)18(20)24/h1-4,14-15H,5-12H2,(H2,20,24). The molecule has 130 valence electrons. The number of rotatable bonds is 5. The first-order chi connectivity index (χ1) is 11.5. The summed E-state index contributed by atoms with van der Waals surface area (Å²) in [5, 5.41) is 0. The highest BCUT2D eigenvalue weighted by molar-refractivity contribution is 5.77. The summed E-state index contributed by atoms with van der Waals surface area (Å²) in [4.78, 5) is 27.6. The minimum Gasteiger partial charge on any atom is -0.369 e. The van der Waals surface area contributed by atoms with E-state index in [1.54, 1.807) is 18.2 Å². The van der Waals surface area contributed by atoms with E-state index >= 15 is 0 Å². The van der Waals surface area contributed by atoms with Crippen LogP contribution in [0, 0.1) is 11.7 Å². The van der Waals surface area contributed by atoms with Gasteiger partial charge in [0.05, 0.1) is 0 Å². The summed E-state index contributed by atoms with van der Waals surface area (Å²) < 4.78 is 13.6. The maximum Gasteiger partial charge on any atom is 0.223 e. The molecule has 2 aliphatic heterocycles. The summed E-state index contributed by atoms with van der Waals surface area (Å²) >= 11 is 0. The molecule has 5 nitrogen and oxygen atoms in total. The summed E-state index contributed by atoms with van der Waals surface area (Å²) in [6.45, 7) is 3.21. The van der Waals surface area contributed by atoms with Crippen molar-refractivity contribution in [1.82, 2.24) is 9.80 Å². The fourth-order valence-electron chi connectivity index (χ4n) is 3.54. The largest absolute Gasteiger partial charge is 0.369 e. The molecule has 0 radical (unpaired) electrons. The lowest BCUT2D eigenvalue weighted by Gasteiger charge is -2.47. The molecule has 0 saturated carbocycles. The third-order valence-corrected chi connectivity index (χ3v) is 5.23. The smallest absolute Gasteiger partial charge is 0.223 e. The van der Waals surface area contributed by atoms with Gasteiger partial charge in [0, 0.05) is 31.5 Å². The number of hydrogen-bond acceptors (Lipinski definition) is 3. The van der Waals surface area contributed by atoms with Crippen molar-refractivity contribution in [3.05, 3.63) is 35.6 Å². The summed E-state index contributed by atoms with van der Waals surface area (Å²) in [5.74, 6) is -0.362. The number of carbonyl (C=O) groups is 2. The molecular formula is C18H24FN3O2. The van der Waals surface area contributed by atoms with Gasteiger partial charge in [-0.05, 0) is 44.0 Å². The molecule has 0 unspecified atom stereocenters. The SMILES string of the molecule is NC(=O)C1CCN(C2CN(C(=O)CCc3ccccc3F)C2)CC1. The van der Waals surface area contributed by atoms with E-state index in [9.17, 15) is 14.0 Å². The fraction of sp³-hybridized carbons (Fsp3) is 0.556. The predicted octanol–water partition coefficient (Wildman–Crippen LogP) is 1.17. The Balaban J connectivity index is 1.39. The van der Waals surface area contributed by atoms with E-state index < -0.39 is 0 Å². The van der Waals surface area contributed by atoms with Crippen LogP contribution in [0.1, 0.15) is 24.8 Å². The van der Waals surface area contributed by atoms with Crippen LogP contribution in [0.25, 0.3) is 0 Å². The molecule has 6 heteroatoms. The molecule has 0 aliphatic carbocycles. The van der Waals surface area contributed by atoms with Crippen LogP contribution in [0.15, 0.2) is 24.3 Å². The Labute approximate surface area is 141 Å². The number of hydrogen-bond donors (Lipinski definition) is 1. The normalized spacial score (nSPS) is 20.0. The minimum atomic E-state index is -0.246. The van der Waals surface area contributed by atoms with Crippen LogP contribution >= 0.6 is 0 Å². The van der Waals surface area contributed by atoms with Gasteiger partial charge in [-0.3, -0.25) is 14.5 Å². The number of piperidine rings is 1. The molecule has 1 aromatic rings. The topological polar surface area (TPSA) is 66.6 Å². The Hall–Kier alpha value is -1.95. The highest BCUT2D eigenvalue weighted by Gasteiger charge is 2.36. The van der Waals surface area contributed by atoms with E-state index in [-0.39, 0.29) is 23.5 Å². The van der Waals surface area contributed by atoms with Crippen molar-refractivity contribution in [3.63, 3.8) is 0 Å². The van der Waals surface area contributed by atoms with Gasteiger partial charge in [-0.1, -0.05) is 18.2 Å². The van der Waals surface area contributed by atoms with Crippen LogP contribution in [-0.4, -0.2) is 53.8 Å². The highest BCUT2D eigenvalue weighted by Crippen LogP contribution is 2.23. The maximum atomic E-state index is 13.6. The Morgan fingerprint density at radius 1 is 1.17 bits per heavy atom. The van der Waals surface area contributed by atoms with Crippen molar-refractivity contribution in [2.24, 2.45) is 11.7 Å². The molecule has 1 aromatic carbocycles. The van der Waals surface area contributed by atoms with Crippen molar-refractivity contribution in [2.75, 3.05) is 26.2 Å². The average molecular weight is 333 g/mol. The number of benzene rings is 1. The minimum absolute atomic E-state index is 0.000157. The third-order valence-electron chi connectivity index (χ3n) is 5.23. The molecule has 0 bridgehead atoms. The molecule has 3 rings (SSSR count). The van der Waals surface area contributed by atoms with Crippen molar-refractivity contribution < 1.29 is 14.0 Å².